The van der Waals surface area contributed by atoms with E-state index < -0.39 is 5.41 Å². The van der Waals surface area contributed by atoms with E-state index in [1.165, 1.54) is 0 Å². The third-order valence-corrected chi connectivity index (χ3v) is 3.93. The molecule has 0 aliphatic heterocycles. The van der Waals surface area contributed by atoms with Crippen molar-refractivity contribution in [3.05, 3.63) is 35.9 Å². The second kappa shape index (κ2) is 5.34. The van der Waals surface area contributed by atoms with Crippen LogP contribution in [-0.4, -0.2) is 11.7 Å². The van der Waals surface area contributed by atoms with Crippen molar-refractivity contribution in [2.24, 2.45) is 11.1 Å². The number of Topliss-reactive ketones (excluding diaryl/α,β-unsaturated/α-hetero) is 1. The lowest BCUT2D eigenvalue weighted by Crippen LogP contribution is -2.40. The molecule has 1 aliphatic rings. The van der Waals surface area contributed by atoms with Crippen molar-refractivity contribution in [3.63, 3.8) is 0 Å². The lowest BCUT2D eigenvalue weighted by Gasteiger charge is -2.33. The van der Waals surface area contributed by atoms with Crippen LogP contribution in [0.15, 0.2) is 30.3 Å². The Balaban J connectivity index is 2.15. The topological polar surface area (TPSA) is 60.2 Å². The van der Waals surface area contributed by atoms with Gasteiger partial charge in [0.2, 0.25) is 5.91 Å². The van der Waals surface area contributed by atoms with Crippen LogP contribution in [0, 0.1) is 5.41 Å². The van der Waals surface area contributed by atoms with Gasteiger partial charge in [0.25, 0.3) is 0 Å². The van der Waals surface area contributed by atoms with E-state index in [1.807, 2.05) is 18.2 Å². The number of ketones is 1. The number of primary amides is 1. The number of carbonyl (C=O) groups excluding carboxylic acids is 2. The zero-order valence-electron chi connectivity index (χ0n) is 10.5. The molecule has 1 aliphatic carbocycles. The number of benzene rings is 1. The first-order valence-electron chi connectivity index (χ1n) is 6.52. The maximum Gasteiger partial charge on any atom is 0.224 e. The number of hydrogen-bond acceptors (Lipinski definition) is 2. The van der Waals surface area contributed by atoms with Gasteiger partial charge in [0.1, 0.15) is 0 Å². The van der Waals surface area contributed by atoms with Gasteiger partial charge in [0.15, 0.2) is 5.78 Å². The molecular formula is C15H19NO2. The summed E-state index contributed by atoms with van der Waals surface area (Å²) in [6, 6.07) is 9.14. The fourth-order valence-electron chi connectivity index (χ4n) is 2.77. The second-order valence-electron chi connectivity index (χ2n) is 5.17. The number of amides is 1. The van der Waals surface area contributed by atoms with Crippen LogP contribution in [0.3, 0.4) is 0 Å². The van der Waals surface area contributed by atoms with Crippen molar-refractivity contribution >= 4 is 11.7 Å². The Bertz CT molecular complexity index is 433. The van der Waals surface area contributed by atoms with Crippen molar-refractivity contribution in [3.8, 4) is 0 Å². The van der Waals surface area contributed by atoms with Crippen LogP contribution in [-0.2, 0) is 4.79 Å². The summed E-state index contributed by atoms with van der Waals surface area (Å²) in [5.74, 6) is -0.289. The summed E-state index contributed by atoms with van der Waals surface area (Å²) in [5.41, 5.74) is 5.60. The summed E-state index contributed by atoms with van der Waals surface area (Å²) in [6.07, 6.45) is 4.87. The van der Waals surface area contributed by atoms with E-state index in [1.54, 1.807) is 12.1 Å². The summed E-state index contributed by atoms with van der Waals surface area (Å²) >= 11 is 0. The Morgan fingerprint density at radius 1 is 1.06 bits per heavy atom. The van der Waals surface area contributed by atoms with Crippen LogP contribution in [0.1, 0.15) is 48.9 Å². The van der Waals surface area contributed by atoms with Crippen LogP contribution in [0.4, 0.5) is 0 Å². The molecule has 0 radical (unpaired) electrons. The van der Waals surface area contributed by atoms with E-state index in [0.717, 1.165) is 32.1 Å². The van der Waals surface area contributed by atoms with Gasteiger partial charge in [-0.05, 0) is 12.8 Å². The molecule has 3 nitrogen and oxygen atoms in total. The number of nitrogens with two attached hydrogens (primary N) is 1. The van der Waals surface area contributed by atoms with E-state index in [-0.39, 0.29) is 18.1 Å². The molecule has 1 aromatic carbocycles. The molecule has 0 unspecified atom stereocenters. The van der Waals surface area contributed by atoms with Gasteiger partial charge in [-0.3, -0.25) is 9.59 Å². The Morgan fingerprint density at radius 2 is 1.67 bits per heavy atom. The van der Waals surface area contributed by atoms with Crippen molar-refractivity contribution in [1.82, 2.24) is 0 Å². The van der Waals surface area contributed by atoms with E-state index in [2.05, 4.69) is 0 Å². The lowest BCUT2D eigenvalue weighted by atomic mass is 9.70. The van der Waals surface area contributed by atoms with E-state index in [0.29, 0.717) is 5.56 Å². The predicted molar refractivity (Wildman–Crippen MR) is 70.1 cm³/mol. The maximum atomic E-state index is 12.2. The molecule has 0 bridgehead atoms. The summed E-state index contributed by atoms with van der Waals surface area (Å²) in [4.78, 5) is 23.9. The molecule has 0 aromatic heterocycles. The SMILES string of the molecule is NC(=O)C1(CC(=O)c2ccccc2)CCCCC1. The van der Waals surface area contributed by atoms with Gasteiger partial charge in [-0.25, -0.2) is 0 Å². The molecule has 96 valence electrons. The molecule has 1 saturated carbocycles. The van der Waals surface area contributed by atoms with Gasteiger partial charge in [0.05, 0.1) is 5.41 Å². The average molecular weight is 245 g/mol. The standard InChI is InChI=1S/C15H19NO2/c16-14(18)15(9-5-2-6-10-15)11-13(17)12-7-3-1-4-8-12/h1,3-4,7-8H,2,5-6,9-11H2,(H2,16,18). The van der Waals surface area contributed by atoms with Crippen molar-refractivity contribution in [1.29, 1.82) is 0 Å². The number of hydrogen-bond donors (Lipinski definition) is 1. The Morgan fingerprint density at radius 3 is 2.22 bits per heavy atom. The normalized spacial score (nSPS) is 18.2. The average Bonchev–Trinajstić information content (AvgIpc) is 2.40. The monoisotopic (exact) mass is 245 g/mol. The minimum Gasteiger partial charge on any atom is -0.369 e. The van der Waals surface area contributed by atoms with Crippen molar-refractivity contribution in [2.75, 3.05) is 0 Å². The molecule has 0 atom stereocenters. The zero-order valence-corrected chi connectivity index (χ0v) is 10.5. The summed E-state index contributed by atoms with van der Waals surface area (Å²) in [6.45, 7) is 0. The van der Waals surface area contributed by atoms with Gasteiger partial charge in [-0.2, -0.15) is 0 Å². The fraction of sp³-hybridized carbons (Fsp3) is 0.467. The van der Waals surface area contributed by atoms with E-state index >= 15 is 0 Å². The van der Waals surface area contributed by atoms with Crippen LogP contribution >= 0.6 is 0 Å². The molecule has 3 heteroatoms. The molecule has 1 aromatic rings. The maximum absolute atomic E-state index is 12.2. The second-order valence-corrected chi connectivity index (χ2v) is 5.17. The highest BCUT2D eigenvalue weighted by atomic mass is 16.1. The molecule has 2 rings (SSSR count). The first kappa shape index (κ1) is 12.8. The Labute approximate surface area is 107 Å². The molecule has 1 fully saturated rings. The van der Waals surface area contributed by atoms with Crippen molar-refractivity contribution < 1.29 is 9.59 Å². The molecule has 18 heavy (non-hydrogen) atoms. The predicted octanol–water partition coefficient (Wildman–Crippen LogP) is 2.70. The molecular weight excluding hydrogens is 226 g/mol. The van der Waals surface area contributed by atoms with Gasteiger partial charge >= 0.3 is 0 Å². The Kier molecular flexibility index (Phi) is 3.80. The third-order valence-electron chi connectivity index (χ3n) is 3.93. The largest absolute Gasteiger partial charge is 0.369 e. The fourth-order valence-corrected chi connectivity index (χ4v) is 2.77. The first-order chi connectivity index (χ1) is 8.64. The summed E-state index contributed by atoms with van der Waals surface area (Å²) in [5, 5.41) is 0. The summed E-state index contributed by atoms with van der Waals surface area (Å²) < 4.78 is 0. The highest BCUT2D eigenvalue weighted by Crippen LogP contribution is 2.39. The summed E-state index contributed by atoms with van der Waals surface area (Å²) in [7, 11) is 0. The van der Waals surface area contributed by atoms with Gasteiger partial charge in [-0.15, -0.1) is 0 Å². The molecule has 0 heterocycles. The van der Waals surface area contributed by atoms with Crippen LogP contribution in [0.25, 0.3) is 0 Å². The van der Waals surface area contributed by atoms with E-state index in [9.17, 15) is 9.59 Å². The number of carbonyl (C=O) groups is 2. The molecule has 0 saturated heterocycles. The van der Waals surface area contributed by atoms with Crippen LogP contribution in [0.5, 0.6) is 0 Å². The third kappa shape index (κ3) is 2.61. The van der Waals surface area contributed by atoms with Gasteiger partial charge < -0.3 is 5.73 Å². The minimum atomic E-state index is -0.606. The van der Waals surface area contributed by atoms with Crippen LogP contribution in [0.2, 0.25) is 0 Å². The minimum absolute atomic E-state index is 0.0244. The quantitative estimate of drug-likeness (QED) is 0.829. The molecule has 2 N–H and O–H groups in total. The highest BCUT2D eigenvalue weighted by Gasteiger charge is 2.39. The zero-order chi connectivity index (χ0) is 13.0. The molecule has 0 spiro atoms. The smallest absolute Gasteiger partial charge is 0.224 e. The number of rotatable bonds is 4. The highest BCUT2D eigenvalue weighted by molar-refractivity contribution is 5.99. The van der Waals surface area contributed by atoms with Gasteiger partial charge in [0, 0.05) is 12.0 Å². The van der Waals surface area contributed by atoms with Crippen molar-refractivity contribution in [2.45, 2.75) is 38.5 Å². The first-order valence-corrected chi connectivity index (χ1v) is 6.52. The van der Waals surface area contributed by atoms with E-state index in [4.69, 9.17) is 5.73 Å². The van der Waals surface area contributed by atoms with Gasteiger partial charge in [-0.1, -0.05) is 49.6 Å². The Hall–Kier alpha value is -1.64. The van der Waals surface area contributed by atoms with Crippen LogP contribution < -0.4 is 5.73 Å². The molecule has 1 amide bonds. The lowest BCUT2D eigenvalue weighted by molar-refractivity contribution is -0.129.